The highest BCUT2D eigenvalue weighted by atomic mass is 15.0. The molecule has 0 saturated carbocycles. The van der Waals surface area contributed by atoms with Gasteiger partial charge >= 0.3 is 0 Å². The smallest absolute Gasteiger partial charge is 0.105 e. The van der Waals surface area contributed by atoms with Gasteiger partial charge in [0.25, 0.3) is 0 Å². The summed E-state index contributed by atoms with van der Waals surface area (Å²) in [6.07, 6.45) is 6.30. The summed E-state index contributed by atoms with van der Waals surface area (Å²) in [5.74, 6) is 1.10. The van der Waals surface area contributed by atoms with Gasteiger partial charge in [-0.3, -0.25) is 0 Å². The molecule has 2 rings (SSSR count). The monoisotopic (exact) mass is 271 g/mol. The lowest BCUT2D eigenvalue weighted by Crippen LogP contribution is -2.20. The van der Waals surface area contributed by atoms with Crippen LogP contribution >= 0.6 is 0 Å². The Morgan fingerprint density at radius 2 is 2.10 bits per heavy atom. The molecule has 2 aromatic rings. The van der Waals surface area contributed by atoms with Crippen LogP contribution in [-0.2, 0) is 6.54 Å². The number of rotatable bonds is 7. The third-order valence-corrected chi connectivity index (χ3v) is 3.74. The van der Waals surface area contributed by atoms with Crippen molar-refractivity contribution in [1.29, 1.82) is 0 Å². The molecule has 1 N–H and O–H groups in total. The van der Waals surface area contributed by atoms with Crippen LogP contribution in [0.3, 0.4) is 0 Å². The minimum Gasteiger partial charge on any atom is -0.335 e. The summed E-state index contributed by atoms with van der Waals surface area (Å²) in [6, 6.07) is 9.14. The fraction of sp³-hybridized carbons (Fsp3) is 0.471. The number of unbranched alkanes of at least 4 members (excludes halogenated alkanes) is 1. The third kappa shape index (κ3) is 4.20. The van der Waals surface area contributed by atoms with Crippen molar-refractivity contribution in [1.82, 2.24) is 14.9 Å². The quantitative estimate of drug-likeness (QED) is 0.779. The zero-order chi connectivity index (χ0) is 14.4. The van der Waals surface area contributed by atoms with Crippen LogP contribution in [0.5, 0.6) is 0 Å². The molecule has 1 unspecified atom stereocenters. The maximum absolute atomic E-state index is 4.24. The van der Waals surface area contributed by atoms with Gasteiger partial charge in [0.1, 0.15) is 5.82 Å². The lowest BCUT2D eigenvalue weighted by Gasteiger charge is -2.15. The maximum Gasteiger partial charge on any atom is 0.105 e. The summed E-state index contributed by atoms with van der Waals surface area (Å²) < 4.78 is 2.21. The van der Waals surface area contributed by atoms with Gasteiger partial charge in [-0.2, -0.15) is 0 Å². The Balaban J connectivity index is 1.67. The molecule has 108 valence electrons. The third-order valence-electron chi connectivity index (χ3n) is 3.74. The summed E-state index contributed by atoms with van der Waals surface area (Å²) in [4.78, 5) is 4.24. The Labute approximate surface area is 122 Å². The number of aromatic nitrogens is 2. The highest BCUT2D eigenvalue weighted by molar-refractivity contribution is 5.24. The number of hydrogen-bond acceptors (Lipinski definition) is 2. The van der Waals surface area contributed by atoms with Gasteiger partial charge in [0, 0.05) is 25.0 Å². The van der Waals surface area contributed by atoms with E-state index < -0.39 is 0 Å². The zero-order valence-corrected chi connectivity index (χ0v) is 12.8. The van der Waals surface area contributed by atoms with Crippen molar-refractivity contribution in [2.45, 2.75) is 46.2 Å². The second-order valence-corrected chi connectivity index (χ2v) is 5.46. The van der Waals surface area contributed by atoms with Gasteiger partial charge in [-0.15, -0.1) is 0 Å². The van der Waals surface area contributed by atoms with Crippen molar-refractivity contribution in [3.8, 4) is 0 Å². The number of nitrogens with one attached hydrogen (secondary N) is 1. The largest absolute Gasteiger partial charge is 0.335 e. The minimum absolute atomic E-state index is 0.421. The van der Waals surface area contributed by atoms with Gasteiger partial charge in [-0.05, 0) is 45.7 Å². The first-order valence-corrected chi connectivity index (χ1v) is 7.44. The van der Waals surface area contributed by atoms with Crippen molar-refractivity contribution >= 4 is 0 Å². The molecule has 0 spiro atoms. The molecule has 3 heteroatoms. The summed E-state index contributed by atoms with van der Waals surface area (Å²) in [6.45, 7) is 8.55. The van der Waals surface area contributed by atoms with Gasteiger partial charge in [-0.25, -0.2) is 4.98 Å². The molecule has 0 aliphatic carbocycles. The first-order valence-electron chi connectivity index (χ1n) is 7.44. The summed E-state index contributed by atoms with van der Waals surface area (Å²) in [5.41, 5.74) is 2.70. The average Bonchev–Trinajstić information content (AvgIpc) is 2.84. The first-order chi connectivity index (χ1) is 9.66. The molecule has 1 atom stereocenters. The molecule has 0 saturated heterocycles. The van der Waals surface area contributed by atoms with Crippen LogP contribution in [-0.4, -0.2) is 16.1 Å². The highest BCUT2D eigenvalue weighted by Gasteiger charge is 2.04. The average molecular weight is 271 g/mol. The number of hydrogen-bond donors (Lipinski definition) is 1. The van der Waals surface area contributed by atoms with E-state index in [0.717, 1.165) is 18.9 Å². The maximum atomic E-state index is 4.24. The molecule has 20 heavy (non-hydrogen) atoms. The molecule has 0 aliphatic heterocycles. The molecule has 1 heterocycles. The molecule has 1 aromatic heterocycles. The van der Waals surface area contributed by atoms with Crippen molar-refractivity contribution in [2.75, 3.05) is 6.54 Å². The van der Waals surface area contributed by atoms with Crippen molar-refractivity contribution < 1.29 is 0 Å². The number of benzene rings is 1. The molecule has 3 nitrogen and oxygen atoms in total. The minimum atomic E-state index is 0.421. The van der Waals surface area contributed by atoms with Crippen LogP contribution < -0.4 is 5.32 Å². The van der Waals surface area contributed by atoms with E-state index in [-0.39, 0.29) is 0 Å². The van der Waals surface area contributed by atoms with Gasteiger partial charge in [0.2, 0.25) is 0 Å². The predicted molar refractivity (Wildman–Crippen MR) is 83.8 cm³/mol. The van der Waals surface area contributed by atoms with Crippen LogP contribution in [0.25, 0.3) is 0 Å². The Kier molecular flexibility index (Phi) is 5.36. The lowest BCUT2D eigenvalue weighted by molar-refractivity contribution is 0.520. The van der Waals surface area contributed by atoms with Crippen LogP contribution in [0.4, 0.5) is 0 Å². The van der Waals surface area contributed by atoms with Crippen LogP contribution in [0, 0.1) is 13.8 Å². The number of nitrogens with zero attached hydrogens (tertiary/aromatic N) is 2. The van der Waals surface area contributed by atoms with Gasteiger partial charge in [0.15, 0.2) is 0 Å². The van der Waals surface area contributed by atoms with Crippen molar-refractivity contribution in [3.05, 3.63) is 53.6 Å². The molecule has 0 bridgehead atoms. The topological polar surface area (TPSA) is 29.9 Å². The molecule has 0 amide bonds. The Morgan fingerprint density at radius 1 is 1.25 bits per heavy atom. The summed E-state index contributed by atoms with van der Waals surface area (Å²) in [7, 11) is 0. The van der Waals surface area contributed by atoms with Crippen LogP contribution in [0.2, 0.25) is 0 Å². The van der Waals surface area contributed by atoms with Gasteiger partial charge in [-0.1, -0.05) is 29.8 Å². The first kappa shape index (κ1) is 14.8. The van der Waals surface area contributed by atoms with E-state index in [4.69, 9.17) is 0 Å². The Hall–Kier alpha value is -1.61. The number of aryl methyl sites for hydroxylation is 3. The Morgan fingerprint density at radius 3 is 2.80 bits per heavy atom. The highest BCUT2D eigenvalue weighted by Crippen LogP contribution is 2.13. The second kappa shape index (κ2) is 7.25. The molecule has 0 fully saturated rings. The van der Waals surface area contributed by atoms with Crippen LogP contribution in [0.1, 0.15) is 42.8 Å². The fourth-order valence-corrected chi connectivity index (χ4v) is 2.42. The van der Waals surface area contributed by atoms with E-state index in [1.807, 2.05) is 6.20 Å². The second-order valence-electron chi connectivity index (χ2n) is 5.46. The number of imidazole rings is 1. The van der Waals surface area contributed by atoms with E-state index in [2.05, 4.69) is 66.1 Å². The van der Waals surface area contributed by atoms with Crippen molar-refractivity contribution in [3.63, 3.8) is 0 Å². The summed E-state index contributed by atoms with van der Waals surface area (Å²) >= 11 is 0. The predicted octanol–water partition coefficient (Wildman–Crippen LogP) is 3.63. The van der Waals surface area contributed by atoms with Crippen molar-refractivity contribution in [2.24, 2.45) is 0 Å². The lowest BCUT2D eigenvalue weighted by atomic mass is 10.1. The molecule has 0 aliphatic rings. The van der Waals surface area contributed by atoms with Gasteiger partial charge < -0.3 is 9.88 Å². The normalized spacial score (nSPS) is 12.6. The standard InChI is InChI=1S/C17H25N3/c1-14-7-6-8-17(13-14)15(2)18-9-4-5-11-20-12-10-19-16(20)3/h6-8,10,12-13,15,18H,4-5,9,11H2,1-3H3. The van der Waals surface area contributed by atoms with E-state index in [1.54, 1.807) is 0 Å². The van der Waals surface area contributed by atoms with E-state index in [0.29, 0.717) is 6.04 Å². The molecular weight excluding hydrogens is 246 g/mol. The SMILES string of the molecule is Cc1cccc(C(C)NCCCCn2ccnc2C)c1. The summed E-state index contributed by atoms with van der Waals surface area (Å²) in [5, 5.41) is 3.60. The molecular formula is C17H25N3. The van der Waals surface area contributed by atoms with E-state index in [9.17, 15) is 0 Å². The molecule has 0 radical (unpaired) electrons. The molecule has 1 aromatic carbocycles. The van der Waals surface area contributed by atoms with E-state index >= 15 is 0 Å². The van der Waals surface area contributed by atoms with E-state index in [1.165, 1.54) is 24.0 Å². The fourth-order valence-electron chi connectivity index (χ4n) is 2.42. The van der Waals surface area contributed by atoms with Crippen LogP contribution in [0.15, 0.2) is 36.7 Å². The van der Waals surface area contributed by atoms with Gasteiger partial charge in [0.05, 0.1) is 0 Å². The zero-order valence-electron chi connectivity index (χ0n) is 12.8. The Bertz CT molecular complexity index is 531.